The first-order valence-corrected chi connectivity index (χ1v) is 12.4. The summed E-state index contributed by atoms with van der Waals surface area (Å²) in [4.78, 5) is 5.11. The summed E-state index contributed by atoms with van der Waals surface area (Å²) in [6, 6.07) is 2.80. The van der Waals surface area contributed by atoms with E-state index in [1.165, 1.54) is 39.4 Å². The van der Waals surface area contributed by atoms with Crippen molar-refractivity contribution in [1.29, 1.82) is 0 Å². The van der Waals surface area contributed by atoms with Crippen molar-refractivity contribution in [2.75, 3.05) is 32.5 Å². The first-order chi connectivity index (χ1) is 14.4. The normalized spacial score (nSPS) is 20.0. The van der Waals surface area contributed by atoms with Crippen LogP contribution in [0.5, 0.6) is 0 Å². The minimum atomic E-state index is -3.66. The Kier molecular flexibility index (Phi) is 5.07. The van der Waals surface area contributed by atoms with Gasteiger partial charge in [0.1, 0.15) is 0 Å². The Morgan fingerprint density at radius 1 is 1.03 bits per heavy atom. The van der Waals surface area contributed by atoms with Gasteiger partial charge in [-0.15, -0.1) is 10.2 Å². The minimum Gasteiger partial charge on any atom is -0.324 e. The van der Waals surface area contributed by atoms with Gasteiger partial charge in [-0.25, -0.2) is 8.42 Å². The summed E-state index contributed by atoms with van der Waals surface area (Å²) >= 11 is 0. The van der Waals surface area contributed by atoms with E-state index in [1.54, 1.807) is 0 Å². The Morgan fingerprint density at radius 3 is 2.27 bits per heavy atom. The highest BCUT2D eigenvalue weighted by atomic mass is 32.2. The van der Waals surface area contributed by atoms with E-state index in [1.807, 2.05) is 14.1 Å². The number of nitrogens with zero attached hydrogens (tertiary/aromatic N) is 4. The average Bonchev–Trinajstić information content (AvgIpc) is 3.48. The van der Waals surface area contributed by atoms with Gasteiger partial charge in [0.25, 0.3) is 15.2 Å². The summed E-state index contributed by atoms with van der Waals surface area (Å²) in [5.74, 6) is 0.408. The zero-order chi connectivity index (χ0) is 20.9. The van der Waals surface area contributed by atoms with Gasteiger partial charge in [-0.1, -0.05) is 6.07 Å². The Bertz CT molecular complexity index is 1020. The highest BCUT2D eigenvalue weighted by Gasteiger charge is 2.33. The molecule has 1 aromatic carbocycles. The number of benzene rings is 1. The molecule has 0 saturated carbocycles. The van der Waals surface area contributed by atoms with Crippen LogP contribution in [0.1, 0.15) is 47.9 Å². The largest absolute Gasteiger partial charge is 0.324 e. The first-order valence-electron chi connectivity index (χ1n) is 11.0. The standard InChI is InChI=1S/C21H30N6O2S/c1-26(2)16-9-11-27(12-10-16)30(28,29)21-23-20(24-25-21)22-19-17-7-3-5-14(17)13-15-6-4-8-18(15)19/h13,16H,3-12H2,1-2H3,(H2,22,23,24,25). The molecule has 0 bridgehead atoms. The van der Waals surface area contributed by atoms with E-state index in [-0.39, 0.29) is 5.16 Å². The van der Waals surface area contributed by atoms with E-state index >= 15 is 0 Å². The number of piperidine rings is 1. The summed E-state index contributed by atoms with van der Waals surface area (Å²) in [6.45, 7) is 1.02. The topological polar surface area (TPSA) is 94.2 Å². The maximum Gasteiger partial charge on any atom is 0.278 e. The number of aryl methyl sites for hydroxylation is 2. The fourth-order valence-corrected chi connectivity index (χ4v) is 6.53. The molecule has 1 fully saturated rings. The SMILES string of the molecule is CN(C)C1CCN(S(=O)(=O)c2nnc(Nc3c4c(cc5c3CCC5)CCC4)[nH]2)CC1. The molecule has 162 valence electrons. The number of anilines is 2. The summed E-state index contributed by atoms with van der Waals surface area (Å²) < 4.78 is 27.6. The number of hydrogen-bond acceptors (Lipinski definition) is 6. The fourth-order valence-electron chi connectivity index (χ4n) is 5.23. The average molecular weight is 431 g/mol. The van der Waals surface area contributed by atoms with Crippen LogP contribution < -0.4 is 5.32 Å². The summed E-state index contributed by atoms with van der Waals surface area (Å²) in [5, 5.41) is 11.5. The lowest BCUT2D eigenvalue weighted by Gasteiger charge is -2.33. The molecule has 0 radical (unpaired) electrons. The molecule has 2 aromatic rings. The van der Waals surface area contributed by atoms with Gasteiger partial charge >= 0.3 is 0 Å². The summed E-state index contributed by atoms with van der Waals surface area (Å²) in [5.41, 5.74) is 6.71. The van der Waals surface area contributed by atoms with Crippen LogP contribution >= 0.6 is 0 Å². The Hall–Kier alpha value is -1.97. The van der Waals surface area contributed by atoms with E-state index in [9.17, 15) is 8.42 Å². The maximum absolute atomic E-state index is 13.1. The second-order valence-electron chi connectivity index (χ2n) is 8.94. The summed E-state index contributed by atoms with van der Waals surface area (Å²) in [7, 11) is 0.424. The second kappa shape index (κ2) is 7.62. The van der Waals surface area contributed by atoms with Crippen molar-refractivity contribution in [3.63, 3.8) is 0 Å². The number of sulfonamides is 1. The van der Waals surface area contributed by atoms with Gasteiger partial charge in [-0.05, 0) is 87.7 Å². The zero-order valence-electron chi connectivity index (χ0n) is 17.7. The van der Waals surface area contributed by atoms with E-state index in [4.69, 9.17) is 0 Å². The molecule has 3 aliphatic rings. The van der Waals surface area contributed by atoms with Crippen molar-refractivity contribution < 1.29 is 8.42 Å². The molecule has 9 heteroatoms. The number of aromatic amines is 1. The molecule has 2 heterocycles. The molecular weight excluding hydrogens is 400 g/mol. The van der Waals surface area contributed by atoms with Crippen molar-refractivity contribution in [3.05, 3.63) is 28.3 Å². The van der Waals surface area contributed by atoms with E-state index in [0.717, 1.165) is 44.2 Å². The molecule has 2 N–H and O–H groups in total. The molecule has 0 unspecified atom stereocenters. The molecule has 30 heavy (non-hydrogen) atoms. The highest BCUT2D eigenvalue weighted by molar-refractivity contribution is 7.88. The predicted molar refractivity (Wildman–Crippen MR) is 116 cm³/mol. The lowest BCUT2D eigenvalue weighted by atomic mass is 9.99. The van der Waals surface area contributed by atoms with Gasteiger partial charge in [-0.2, -0.15) is 4.31 Å². The third kappa shape index (κ3) is 3.42. The maximum atomic E-state index is 13.1. The Morgan fingerprint density at radius 2 is 1.67 bits per heavy atom. The predicted octanol–water partition coefficient (Wildman–Crippen LogP) is 2.24. The fraction of sp³-hybridized carbons (Fsp3) is 0.619. The van der Waals surface area contributed by atoms with Crippen LogP contribution in [-0.4, -0.2) is 66.0 Å². The van der Waals surface area contributed by atoms with Crippen molar-refractivity contribution >= 4 is 21.7 Å². The van der Waals surface area contributed by atoms with Crippen LogP contribution in [0.15, 0.2) is 11.2 Å². The number of hydrogen-bond donors (Lipinski definition) is 2. The van der Waals surface area contributed by atoms with E-state index in [2.05, 4.69) is 31.5 Å². The second-order valence-corrected chi connectivity index (χ2v) is 10.8. The molecular formula is C21H30N6O2S. The van der Waals surface area contributed by atoms with Crippen LogP contribution in [0.25, 0.3) is 0 Å². The molecule has 0 atom stereocenters. The zero-order valence-corrected chi connectivity index (χ0v) is 18.6. The quantitative estimate of drug-likeness (QED) is 0.756. The van der Waals surface area contributed by atoms with Crippen LogP contribution in [0.4, 0.5) is 11.6 Å². The van der Waals surface area contributed by atoms with Crippen LogP contribution in [-0.2, 0) is 35.7 Å². The molecule has 2 aliphatic carbocycles. The summed E-state index contributed by atoms with van der Waals surface area (Å²) in [6.07, 6.45) is 8.36. The number of rotatable bonds is 5. The first kappa shape index (κ1) is 20.0. The number of fused-ring (bicyclic) bond motifs is 2. The number of H-pyrrole nitrogens is 1. The Balaban J connectivity index is 1.37. The van der Waals surface area contributed by atoms with Gasteiger partial charge in [-0.3, -0.25) is 4.98 Å². The van der Waals surface area contributed by atoms with E-state index < -0.39 is 10.0 Å². The van der Waals surface area contributed by atoms with Crippen molar-refractivity contribution in [2.45, 2.75) is 62.6 Å². The highest BCUT2D eigenvalue weighted by Crippen LogP contribution is 2.39. The van der Waals surface area contributed by atoms with E-state index in [0.29, 0.717) is 25.1 Å². The van der Waals surface area contributed by atoms with Crippen LogP contribution in [0, 0.1) is 0 Å². The molecule has 0 spiro atoms. The smallest absolute Gasteiger partial charge is 0.278 e. The lowest BCUT2D eigenvalue weighted by Crippen LogP contribution is -2.44. The van der Waals surface area contributed by atoms with Crippen molar-refractivity contribution in [1.82, 2.24) is 24.4 Å². The minimum absolute atomic E-state index is 0.0717. The van der Waals surface area contributed by atoms with Gasteiger partial charge < -0.3 is 10.2 Å². The molecule has 1 saturated heterocycles. The van der Waals surface area contributed by atoms with Gasteiger partial charge in [0.05, 0.1) is 0 Å². The third-order valence-electron chi connectivity index (χ3n) is 6.92. The van der Waals surface area contributed by atoms with Gasteiger partial charge in [0, 0.05) is 24.8 Å². The molecule has 5 rings (SSSR count). The van der Waals surface area contributed by atoms with Crippen LogP contribution in [0.3, 0.4) is 0 Å². The van der Waals surface area contributed by atoms with Gasteiger partial charge in [0.2, 0.25) is 5.95 Å². The van der Waals surface area contributed by atoms with Crippen LogP contribution in [0.2, 0.25) is 0 Å². The Labute approximate surface area is 178 Å². The molecule has 1 aromatic heterocycles. The lowest BCUT2D eigenvalue weighted by molar-refractivity contribution is 0.196. The molecule has 8 nitrogen and oxygen atoms in total. The van der Waals surface area contributed by atoms with Crippen molar-refractivity contribution in [2.24, 2.45) is 0 Å². The van der Waals surface area contributed by atoms with Gasteiger partial charge in [0.15, 0.2) is 0 Å². The molecule has 1 aliphatic heterocycles. The monoisotopic (exact) mass is 430 g/mol. The number of aromatic nitrogens is 3. The number of nitrogens with one attached hydrogen (secondary N) is 2. The van der Waals surface area contributed by atoms with Crippen molar-refractivity contribution in [3.8, 4) is 0 Å². The third-order valence-corrected chi connectivity index (χ3v) is 8.64. The molecule has 0 amide bonds.